The molecule has 1 aliphatic heterocycles. The Bertz CT molecular complexity index is 965. The fourth-order valence-corrected chi connectivity index (χ4v) is 3.49. The average Bonchev–Trinajstić information content (AvgIpc) is 3.00. The van der Waals surface area contributed by atoms with Crippen molar-refractivity contribution < 1.29 is 23.8 Å². The number of hydrogen-bond donors (Lipinski definition) is 0. The molecule has 0 unspecified atom stereocenters. The zero-order valence-electron chi connectivity index (χ0n) is 15.8. The number of hydrogen-bond acceptors (Lipinski definition) is 6. The van der Waals surface area contributed by atoms with E-state index < -0.39 is 0 Å². The number of carbonyl (C=O) groups excluding carboxylic acids is 2. The Morgan fingerprint density at radius 2 is 1.90 bits per heavy atom. The van der Waals surface area contributed by atoms with E-state index in [1.807, 2.05) is 30.3 Å². The van der Waals surface area contributed by atoms with Crippen LogP contribution in [0, 0.1) is 12.3 Å². The molecule has 0 aromatic heterocycles. The lowest BCUT2D eigenvalue weighted by Crippen LogP contribution is -2.32. The van der Waals surface area contributed by atoms with Gasteiger partial charge in [0.1, 0.15) is 19.0 Å². The molecular weight excluding hydrogens is 390 g/mol. The lowest BCUT2D eigenvalue weighted by atomic mass is 10.2. The maximum absolute atomic E-state index is 12.6. The van der Waals surface area contributed by atoms with Gasteiger partial charge in [-0.15, -0.1) is 6.42 Å². The molecule has 1 aliphatic rings. The van der Waals surface area contributed by atoms with Crippen molar-refractivity contribution in [3.8, 4) is 29.6 Å². The third-order valence-corrected chi connectivity index (χ3v) is 4.90. The summed E-state index contributed by atoms with van der Waals surface area (Å²) in [5, 5.41) is -0.321. The van der Waals surface area contributed by atoms with Crippen LogP contribution in [-0.2, 0) is 4.79 Å². The van der Waals surface area contributed by atoms with Crippen LogP contribution in [0.4, 0.5) is 4.79 Å². The Morgan fingerprint density at radius 1 is 1.10 bits per heavy atom. The first-order valence-electron chi connectivity index (χ1n) is 8.80. The summed E-state index contributed by atoms with van der Waals surface area (Å²) in [4.78, 5) is 26.4. The molecule has 0 spiro atoms. The van der Waals surface area contributed by atoms with Crippen LogP contribution in [0.15, 0.2) is 53.4 Å². The maximum atomic E-state index is 12.6. The van der Waals surface area contributed by atoms with E-state index in [2.05, 4.69) is 5.92 Å². The largest absolute Gasteiger partial charge is 0.493 e. The van der Waals surface area contributed by atoms with E-state index in [1.165, 1.54) is 12.0 Å². The van der Waals surface area contributed by atoms with Crippen molar-refractivity contribution in [3.05, 3.63) is 59.0 Å². The minimum atomic E-state index is -0.344. The van der Waals surface area contributed by atoms with Gasteiger partial charge < -0.3 is 14.2 Å². The van der Waals surface area contributed by atoms with Crippen LogP contribution in [0.5, 0.6) is 17.2 Å². The summed E-state index contributed by atoms with van der Waals surface area (Å²) < 4.78 is 16.3. The standard InChI is InChI=1S/C22H19NO5S/c1-3-12-28-18-10-9-16(14-19(18)26-2)15-20-21(24)23(22(25)29-20)11-13-27-17-7-5-4-6-8-17/h1,4-10,14-15H,11-13H2,2H3/b20-15-. The quantitative estimate of drug-likeness (QED) is 0.488. The maximum Gasteiger partial charge on any atom is 0.293 e. The predicted octanol–water partition coefficient (Wildman–Crippen LogP) is 3.82. The van der Waals surface area contributed by atoms with Crippen LogP contribution in [0.25, 0.3) is 6.08 Å². The predicted molar refractivity (Wildman–Crippen MR) is 112 cm³/mol. The molecule has 1 saturated heterocycles. The molecule has 0 aliphatic carbocycles. The van der Waals surface area contributed by atoms with Gasteiger partial charge in [0.25, 0.3) is 11.1 Å². The normalized spacial score (nSPS) is 14.8. The molecule has 6 nitrogen and oxygen atoms in total. The molecular formula is C22H19NO5S. The average molecular weight is 409 g/mol. The van der Waals surface area contributed by atoms with Crippen molar-refractivity contribution in [2.45, 2.75) is 0 Å². The summed E-state index contributed by atoms with van der Waals surface area (Å²) in [6.07, 6.45) is 6.85. The number of benzene rings is 2. The fraction of sp³-hybridized carbons (Fsp3) is 0.182. The van der Waals surface area contributed by atoms with E-state index in [0.29, 0.717) is 27.7 Å². The monoisotopic (exact) mass is 409 g/mol. The van der Waals surface area contributed by atoms with Gasteiger partial charge in [-0.3, -0.25) is 14.5 Å². The summed E-state index contributed by atoms with van der Waals surface area (Å²) in [6, 6.07) is 14.4. The van der Waals surface area contributed by atoms with Crippen LogP contribution in [0.3, 0.4) is 0 Å². The van der Waals surface area contributed by atoms with Gasteiger partial charge in [0, 0.05) is 0 Å². The Labute approximate surface area is 173 Å². The first-order chi connectivity index (χ1) is 14.1. The number of terminal acetylenes is 1. The highest BCUT2D eigenvalue weighted by Gasteiger charge is 2.34. The highest BCUT2D eigenvalue weighted by atomic mass is 32.2. The number of imide groups is 1. The van der Waals surface area contributed by atoms with Crippen molar-refractivity contribution in [1.82, 2.24) is 4.90 Å². The molecule has 148 valence electrons. The molecule has 0 bridgehead atoms. The van der Waals surface area contributed by atoms with Crippen molar-refractivity contribution in [2.75, 3.05) is 26.9 Å². The van der Waals surface area contributed by atoms with Gasteiger partial charge in [0.2, 0.25) is 0 Å². The summed E-state index contributed by atoms with van der Waals surface area (Å²) >= 11 is 0.899. The molecule has 3 rings (SSSR count). The van der Waals surface area contributed by atoms with E-state index in [0.717, 1.165) is 11.8 Å². The molecule has 0 atom stereocenters. The summed E-state index contributed by atoms with van der Waals surface area (Å²) in [7, 11) is 1.52. The first-order valence-corrected chi connectivity index (χ1v) is 9.61. The van der Waals surface area contributed by atoms with E-state index in [-0.39, 0.29) is 30.9 Å². The topological polar surface area (TPSA) is 65.1 Å². The van der Waals surface area contributed by atoms with Crippen molar-refractivity contribution in [2.24, 2.45) is 0 Å². The summed E-state index contributed by atoms with van der Waals surface area (Å²) in [5.74, 6) is 3.74. The Balaban J connectivity index is 1.66. The SMILES string of the molecule is C#CCOc1ccc(/C=C2\SC(=O)N(CCOc3ccccc3)C2=O)cc1OC. The lowest BCUT2D eigenvalue weighted by molar-refractivity contribution is -0.123. The highest BCUT2D eigenvalue weighted by Crippen LogP contribution is 2.34. The van der Waals surface area contributed by atoms with Crippen LogP contribution in [-0.4, -0.2) is 42.9 Å². The molecule has 2 aromatic rings. The number of para-hydroxylation sites is 1. The molecule has 29 heavy (non-hydrogen) atoms. The number of rotatable bonds is 8. The second kappa shape index (κ2) is 9.71. The second-order valence-electron chi connectivity index (χ2n) is 5.90. The number of thioether (sulfide) groups is 1. The van der Waals surface area contributed by atoms with Gasteiger partial charge >= 0.3 is 0 Å². The van der Waals surface area contributed by atoms with Crippen molar-refractivity contribution in [1.29, 1.82) is 0 Å². The lowest BCUT2D eigenvalue weighted by Gasteiger charge is -2.13. The number of methoxy groups -OCH3 is 1. The van der Waals surface area contributed by atoms with Gasteiger partial charge in [-0.1, -0.05) is 30.2 Å². The Kier molecular flexibility index (Phi) is 6.82. The van der Waals surface area contributed by atoms with Crippen LogP contribution in [0.1, 0.15) is 5.56 Å². The third-order valence-electron chi connectivity index (χ3n) is 4.00. The molecule has 0 radical (unpaired) electrons. The van der Waals surface area contributed by atoms with E-state index in [4.69, 9.17) is 20.6 Å². The Morgan fingerprint density at radius 3 is 2.62 bits per heavy atom. The number of nitrogens with zero attached hydrogens (tertiary/aromatic N) is 1. The number of carbonyl (C=O) groups is 2. The van der Waals surface area contributed by atoms with Crippen LogP contribution >= 0.6 is 11.8 Å². The smallest absolute Gasteiger partial charge is 0.293 e. The number of amides is 2. The highest BCUT2D eigenvalue weighted by molar-refractivity contribution is 8.18. The van der Waals surface area contributed by atoms with Gasteiger partial charge in [0.15, 0.2) is 11.5 Å². The van der Waals surface area contributed by atoms with Gasteiger partial charge in [0.05, 0.1) is 18.6 Å². The molecule has 7 heteroatoms. The van der Waals surface area contributed by atoms with Crippen molar-refractivity contribution >= 4 is 29.0 Å². The second-order valence-corrected chi connectivity index (χ2v) is 6.89. The third kappa shape index (κ3) is 5.12. The number of ether oxygens (including phenoxy) is 3. The molecule has 2 amide bonds. The fourth-order valence-electron chi connectivity index (χ4n) is 2.63. The molecule has 1 heterocycles. The van der Waals surface area contributed by atoms with Crippen LogP contribution < -0.4 is 14.2 Å². The summed E-state index contributed by atoms with van der Waals surface area (Å²) in [6.45, 7) is 0.531. The minimum Gasteiger partial charge on any atom is -0.493 e. The van der Waals surface area contributed by atoms with E-state index in [9.17, 15) is 9.59 Å². The van der Waals surface area contributed by atoms with Gasteiger partial charge in [-0.05, 0) is 47.7 Å². The van der Waals surface area contributed by atoms with Gasteiger partial charge in [-0.2, -0.15) is 0 Å². The van der Waals surface area contributed by atoms with Crippen LogP contribution in [0.2, 0.25) is 0 Å². The molecule has 0 N–H and O–H groups in total. The van der Waals surface area contributed by atoms with E-state index >= 15 is 0 Å². The molecule has 0 saturated carbocycles. The Hall–Kier alpha value is -3.37. The zero-order chi connectivity index (χ0) is 20.6. The van der Waals surface area contributed by atoms with E-state index in [1.54, 1.807) is 24.3 Å². The zero-order valence-corrected chi connectivity index (χ0v) is 16.6. The van der Waals surface area contributed by atoms with Crippen molar-refractivity contribution in [3.63, 3.8) is 0 Å². The minimum absolute atomic E-state index is 0.125. The molecule has 2 aromatic carbocycles. The summed E-state index contributed by atoms with van der Waals surface area (Å²) in [5.41, 5.74) is 0.709. The van der Waals surface area contributed by atoms with Gasteiger partial charge in [-0.25, -0.2) is 0 Å². The first kappa shape index (κ1) is 20.4. The molecule has 1 fully saturated rings.